The second-order valence-corrected chi connectivity index (χ2v) is 8.39. The van der Waals surface area contributed by atoms with Crippen molar-refractivity contribution in [3.8, 4) is 0 Å². The lowest BCUT2D eigenvalue weighted by molar-refractivity contribution is -0.138. The van der Waals surface area contributed by atoms with Gasteiger partial charge in [-0.05, 0) is 31.5 Å². The standard InChI is InChI=1S/C22H24N2O2S/c1-5-14-24(15-17-12-10-16(2)11-13-17)21(26)22(3)20(25)23(4)18-8-6-7-9-19(18)27-22/h5-13H,1,14-15H2,2-4H3. The van der Waals surface area contributed by atoms with Crippen LogP contribution in [0.15, 0.2) is 66.1 Å². The number of thioether (sulfide) groups is 1. The topological polar surface area (TPSA) is 40.6 Å². The molecule has 0 N–H and O–H groups in total. The Morgan fingerprint density at radius 1 is 1.22 bits per heavy atom. The van der Waals surface area contributed by atoms with Gasteiger partial charge < -0.3 is 9.80 Å². The van der Waals surface area contributed by atoms with Gasteiger partial charge in [-0.1, -0.05) is 59.8 Å². The van der Waals surface area contributed by atoms with E-state index >= 15 is 0 Å². The van der Waals surface area contributed by atoms with E-state index in [0.717, 1.165) is 16.1 Å². The van der Waals surface area contributed by atoms with Gasteiger partial charge in [0.2, 0.25) is 5.91 Å². The highest BCUT2D eigenvalue weighted by atomic mass is 32.2. The molecule has 2 amide bonds. The third kappa shape index (κ3) is 3.65. The van der Waals surface area contributed by atoms with Crippen LogP contribution in [0, 0.1) is 6.92 Å². The summed E-state index contributed by atoms with van der Waals surface area (Å²) >= 11 is 1.33. The minimum atomic E-state index is -1.20. The van der Waals surface area contributed by atoms with Crippen LogP contribution < -0.4 is 4.90 Å². The van der Waals surface area contributed by atoms with Crippen molar-refractivity contribution in [2.45, 2.75) is 30.0 Å². The maximum Gasteiger partial charge on any atom is 0.252 e. The second-order valence-electron chi connectivity index (χ2n) is 6.93. The number of para-hydroxylation sites is 1. The van der Waals surface area contributed by atoms with E-state index in [1.807, 2.05) is 55.5 Å². The highest BCUT2D eigenvalue weighted by Gasteiger charge is 2.49. The molecule has 5 heteroatoms. The summed E-state index contributed by atoms with van der Waals surface area (Å²) in [5.41, 5.74) is 3.04. The molecule has 0 aliphatic carbocycles. The first-order chi connectivity index (χ1) is 12.9. The molecule has 4 nitrogen and oxygen atoms in total. The molecule has 0 radical (unpaired) electrons. The number of amides is 2. The van der Waals surface area contributed by atoms with Crippen LogP contribution in [0.5, 0.6) is 0 Å². The summed E-state index contributed by atoms with van der Waals surface area (Å²) in [6.45, 7) is 8.37. The van der Waals surface area contributed by atoms with Crippen molar-refractivity contribution >= 4 is 29.3 Å². The molecular formula is C22H24N2O2S. The first kappa shape index (κ1) is 19.2. The number of carbonyl (C=O) groups excluding carboxylic acids is 2. The molecule has 1 atom stereocenters. The number of hydrogen-bond acceptors (Lipinski definition) is 3. The van der Waals surface area contributed by atoms with E-state index in [0.29, 0.717) is 13.1 Å². The van der Waals surface area contributed by atoms with Gasteiger partial charge in [-0.3, -0.25) is 9.59 Å². The third-order valence-electron chi connectivity index (χ3n) is 4.79. The lowest BCUT2D eigenvalue weighted by Gasteiger charge is -2.39. The number of rotatable bonds is 5. The summed E-state index contributed by atoms with van der Waals surface area (Å²) in [5, 5.41) is 0. The van der Waals surface area contributed by atoms with Gasteiger partial charge in [0.25, 0.3) is 5.91 Å². The van der Waals surface area contributed by atoms with Crippen molar-refractivity contribution in [3.63, 3.8) is 0 Å². The van der Waals surface area contributed by atoms with Crippen molar-refractivity contribution in [1.82, 2.24) is 4.90 Å². The lowest BCUT2D eigenvalue weighted by Crippen LogP contribution is -2.56. The van der Waals surface area contributed by atoms with Gasteiger partial charge in [-0.25, -0.2) is 0 Å². The largest absolute Gasteiger partial charge is 0.333 e. The molecule has 0 aromatic heterocycles. The Hall–Kier alpha value is -2.53. The number of anilines is 1. The van der Waals surface area contributed by atoms with Crippen molar-refractivity contribution < 1.29 is 9.59 Å². The number of nitrogens with zero attached hydrogens (tertiary/aromatic N) is 2. The molecule has 1 heterocycles. The zero-order valence-corrected chi connectivity index (χ0v) is 16.8. The van der Waals surface area contributed by atoms with Gasteiger partial charge in [-0.15, -0.1) is 6.58 Å². The monoisotopic (exact) mass is 380 g/mol. The summed E-state index contributed by atoms with van der Waals surface area (Å²) in [4.78, 5) is 30.8. The summed E-state index contributed by atoms with van der Waals surface area (Å²) in [7, 11) is 1.73. The Balaban J connectivity index is 1.91. The molecule has 0 fully saturated rings. The Morgan fingerprint density at radius 2 is 1.89 bits per heavy atom. The fourth-order valence-electron chi connectivity index (χ4n) is 3.24. The van der Waals surface area contributed by atoms with Crippen molar-refractivity contribution in [2.24, 2.45) is 0 Å². The second kappa shape index (κ2) is 7.61. The Bertz CT molecular complexity index is 878. The molecule has 140 valence electrons. The van der Waals surface area contributed by atoms with Gasteiger partial charge in [0.1, 0.15) is 0 Å². The van der Waals surface area contributed by atoms with Crippen LogP contribution in [-0.4, -0.2) is 35.1 Å². The molecular weight excluding hydrogens is 356 g/mol. The van der Waals surface area contributed by atoms with E-state index in [2.05, 4.69) is 6.58 Å². The summed E-state index contributed by atoms with van der Waals surface area (Å²) in [6, 6.07) is 15.8. The highest BCUT2D eigenvalue weighted by molar-refractivity contribution is 8.02. The molecule has 1 aliphatic heterocycles. The zero-order chi connectivity index (χ0) is 19.6. The molecule has 2 aromatic carbocycles. The fourth-order valence-corrected chi connectivity index (χ4v) is 4.58. The van der Waals surface area contributed by atoms with E-state index in [-0.39, 0.29) is 11.8 Å². The summed E-state index contributed by atoms with van der Waals surface area (Å²) in [5.74, 6) is -0.395. The molecule has 0 spiro atoms. The van der Waals surface area contributed by atoms with Gasteiger partial charge >= 0.3 is 0 Å². The van der Waals surface area contributed by atoms with Crippen molar-refractivity contribution in [2.75, 3.05) is 18.5 Å². The van der Waals surface area contributed by atoms with Crippen LogP contribution in [0.1, 0.15) is 18.1 Å². The predicted octanol–water partition coefficient (Wildman–Crippen LogP) is 4.04. The highest BCUT2D eigenvalue weighted by Crippen LogP contribution is 2.45. The molecule has 0 saturated heterocycles. The average molecular weight is 381 g/mol. The fraction of sp³-hybridized carbons (Fsp3) is 0.273. The quantitative estimate of drug-likeness (QED) is 0.581. The maximum absolute atomic E-state index is 13.5. The van der Waals surface area contributed by atoms with Crippen LogP contribution in [0.25, 0.3) is 0 Å². The third-order valence-corrected chi connectivity index (χ3v) is 6.11. The van der Waals surface area contributed by atoms with Gasteiger partial charge in [0, 0.05) is 25.0 Å². The Kier molecular flexibility index (Phi) is 5.42. The smallest absolute Gasteiger partial charge is 0.252 e. The molecule has 3 rings (SSSR count). The Morgan fingerprint density at radius 3 is 2.56 bits per heavy atom. The van der Waals surface area contributed by atoms with E-state index in [4.69, 9.17) is 0 Å². The van der Waals surface area contributed by atoms with Crippen LogP contribution >= 0.6 is 11.8 Å². The number of fused-ring (bicyclic) bond motifs is 1. The maximum atomic E-state index is 13.5. The molecule has 0 saturated carbocycles. The minimum Gasteiger partial charge on any atom is -0.333 e. The molecule has 27 heavy (non-hydrogen) atoms. The van der Waals surface area contributed by atoms with E-state index < -0.39 is 4.75 Å². The SMILES string of the molecule is C=CCN(Cc1ccc(C)cc1)C(=O)C1(C)Sc2ccccc2N(C)C1=O. The average Bonchev–Trinajstić information content (AvgIpc) is 2.67. The van der Waals surface area contributed by atoms with Crippen LogP contribution in [0.2, 0.25) is 0 Å². The van der Waals surface area contributed by atoms with Gasteiger partial charge in [-0.2, -0.15) is 0 Å². The number of benzene rings is 2. The minimum absolute atomic E-state index is 0.195. The molecule has 1 unspecified atom stereocenters. The van der Waals surface area contributed by atoms with Crippen LogP contribution in [0.4, 0.5) is 5.69 Å². The zero-order valence-electron chi connectivity index (χ0n) is 15.9. The van der Waals surface area contributed by atoms with Gasteiger partial charge in [0.05, 0.1) is 5.69 Å². The molecule has 0 bridgehead atoms. The van der Waals surface area contributed by atoms with Crippen molar-refractivity contribution in [1.29, 1.82) is 0 Å². The first-order valence-electron chi connectivity index (χ1n) is 8.89. The van der Waals surface area contributed by atoms with Crippen LogP contribution in [0.3, 0.4) is 0 Å². The first-order valence-corrected chi connectivity index (χ1v) is 9.70. The van der Waals surface area contributed by atoms with E-state index in [1.54, 1.807) is 29.8 Å². The summed E-state index contributed by atoms with van der Waals surface area (Å²) < 4.78 is -1.20. The number of carbonyl (C=O) groups is 2. The van der Waals surface area contributed by atoms with E-state index in [9.17, 15) is 9.59 Å². The Labute approximate surface area is 164 Å². The molecule has 1 aliphatic rings. The normalized spacial score (nSPS) is 18.8. The van der Waals surface area contributed by atoms with Crippen molar-refractivity contribution in [3.05, 3.63) is 72.3 Å². The van der Waals surface area contributed by atoms with Gasteiger partial charge in [0.15, 0.2) is 4.75 Å². The number of hydrogen-bond donors (Lipinski definition) is 0. The summed E-state index contributed by atoms with van der Waals surface area (Å²) in [6.07, 6.45) is 1.70. The number of aryl methyl sites for hydroxylation is 1. The molecule has 2 aromatic rings. The lowest BCUT2D eigenvalue weighted by atomic mass is 10.1. The predicted molar refractivity (Wildman–Crippen MR) is 111 cm³/mol. The van der Waals surface area contributed by atoms with E-state index in [1.165, 1.54) is 17.3 Å². The van der Waals surface area contributed by atoms with Crippen LogP contribution in [-0.2, 0) is 16.1 Å².